The van der Waals surface area contributed by atoms with Crippen molar-refractivity contribution in [3.63, 3.8) is 0 Å². The molecule has 1 aliphatic heterocycles. The van der Waals surface area contributed by atoms with E-state index < -0.39 is 22.4 Å². The van der Waals surface area contributed by atoms with Gasteiger partial charge in [0.25, 0.3) is 5.56 Å². The van der Waals surface area contributed by atoms with Gasteiger partial charge in [-0.25, -0.2) is 4.79 Å². The third-order valence-electron chi connectivity index (χ3n) is 6.05. The molecule has 0 bridgehead atoms. The van der Waals surface area contributed by atoms with Gasteiger partial charge in [-0.2, -0.15) is 9.94 Å². The summed E-state index contributed by atoms with van der Waals surface area (Å²) in [4.78, 5) is 38.4. The molecule has 1 unspecified atom stereocenters. The molecule has 1 aromatic heterocycles. The van der Waals surface area contributed by atoms with Crippen LogP contribution >= 0.6 is 23.2 Å². The number of benzene rings is 2. The summed E-state index contributed by atoms with van der Waals surface area (Å²) in [6.07, 6.45) is 2.33. The monoisotopic (exact) mass is 483 g/mol. The van der Waals surface area contributed by atoms with Crippen LogP contribution < -0.4 is 21.3 Å². The van der Waals surface area contributed by atoms with E-state index in [1.165, 1.54) is 12.1 Å². The summed E-state index contributed by atoms with van der Waals surface area (Å²) in [6, 6.07) is 7.97. The van der Waals surface area contributed by atoms with E-state index in [0.717, 1.165) is 40.8 Å². The molecule has 0 spiro atoms. The summed E-state index contributed by atoms with van der Waals surface area (Å²) in [7, 11) is 0. The van der Waals surface area contributed by atoms with Crippen LogP contribution in [0.5, 0.6) is 11.5 Å². The van der Waals surface area contributed by atoms with E-state index in [9.17, 15) is 14.4 Å². The fourth-order valence-electron chi connectivity index (χ4n) is 4.46. The van der Waals surface area contributed by atoms with Crippen LogP contribution in [0.2, 0.25) is 10.0 Å². The standard InChI is InChI=1S/C22H15Cl2N5O4/c1-22-6-2-3-11-16(5-4-14(17(11)22)26-20(22)31)33-18-12(23)7-10(8-13(18)24)29-21(32)27-19(30)15(9-25)28-29/h4-5,7-8H,2-3,6H2,1H3,(H,26,31)(H,27,30,32). The van der Waals surface area contributed by atoms with Gasteiger partial charge < -0.3 is 10.1 Å². The molecule has 2 heterocycles. The van der Waals surface area contributed by atoms with E-state index in [1.54, 1.807) is 18.2 Å². The summed E-state index contributed by atoms with van der Waals surface area (Å²) >= 11 is 12.9. The van der Waals surface area contributed by atoms with Gasteiger partial charge in [0.15, 0.2) is 5.75 Å². The zero-order chi connectivity index (χ0) is 23.5. The Balaban J connectivity index is 1.57. The third kappa shape index (κ3) is 3.22. The third-order valence-corrected chi connectivity index (χ3v) is 6.61. The summed E-state index contributed by atoms with van der Waals surface area (Å²) < 4.78 is 6.94. The van der Waals surface area contributed by atoms with Crippen molar-refractivity contribution in [1.82, 2.24) is 14.8 Å². The number of ether oxygens (including phenoxy) is 1. The van der Waals surface area contributed by atoms with Crippen LogP contribution in [-0.2, 0) is 16.6 Å². The topological polar surface area (TPSA) is 130 Å². The average Bonchev–Trinajstić information content (AvgIpc) is 3.03. The molecule has 2 aliphatic rings. The number of amides is 1. The molecule has 166 valence electrons. The minimum Gasteiger partial charge on any atom is -0.454 e. The molecule has 0 radical (unpaired) electrons. The molecule has 0 fully saturated rings. The second-order valence-corrected chi connectivity index (χ2v) is 8.89. The maximum Gasteiger partial charge on any atom is 0.349 e. The first kappa shape index (κ1) is 21.2. The van der Waals surface area contributed by atoms with Crippen molar-refractivity contribution in [3.05, 3.63) is 72.0 Å². The van der Waals surface area contributed by atoms with E-state index in [0.29, 0.717) is 5.75 Å². The average molecular weight is 484 g/mol. The van der Waals surface area contributed by atoms with Crippen molar-refractivity contribution in [2.75, 3.05) is 5.32 Å². The molecule has 0 saturated heterocycles. The molecule has 1 atom stereocenters. The van der Waals surface area contributed by atoms with E-state index >= 15 is 0 Å². The van der Waals surface area contributed by atoms with Gasteiger partial charge in [0.05, 0.1) is 21.1 Å². The Hall–Kier alpha value is -3.61. The Morgan fingerprint density at radius 1 is 1.21 bits per heavy atom. The number of hydrogen-bond acceptors (Lipinski definition) is 6. The number of nitrogens with zero attached hydrogens (tertiary/aromatic N) is 3. The molecule has 3 aromatic rings. The first-order chi connectivity index (χ1) is 15.7. The number of aromatic amines is 1. The van der Waals surface area contributed by atoms with Crippen molar-refractivity contribution < 1.29 is 9.53 Å². The van der Waals surface area contributed by atoms with E-state index in [2.05, 4.69) is 10.4 Å². The number of halogens is 2. The lowest BCUT2D eigenvalue weighted by Crippen LogP contribution is -2.34. The highest BCUT2D eigenvalue weighted by molar-refractivity contribution is 6.37. The lowest BCUT2D eigenvalue weighted by Gasteiger charge is -2.30. The zero-order valence-corrected chi connectivity index (χ0v) is 18.7. The van der Waals surface area contributed by atoms with Crippen molar-refractivity contribution in [2.45, 2.75) is 31.6 Å². The van der Waals surface area contributed by atoms with Gasteiger partial charge >= 0.3 is 5.69 Å². The highest BCUT2D eigenvalue weighted by atomic mass is 35.5. The van der Waals surface area contributed by atoms with E-state index in [1.807, 2.05) is 11.9 Å². The van der Waals surface area contributed by atoms with Gasteiger partial charge in [-0.3, -0.25) is 14.6 Å². The Morgan fingerprint density at radius 3 is 2.64 bits per heavy atom. The van der Waals surface area contributed by atoms with Gasteiger partial charge in [0, 0.05) is 11.3 Å². The predicted molar refractivity (Wildman–Crippen MR) is 121 cm³/mol. The van der Waals surface area contributed by atoms with Crippen LogP contribution in [0.1, 0.15) is 36.6 Å². The molecule has 1 amide bonds. The normalized spacial score (nSPS) is 18.4. The summed E-state index contributed by atoms with van der Waals surface area (Å²) in [6.45, 7) is 1.93. The minimum absolute atomic E-state index is 0.0217. The number of rotatable bonds is 3. The first-order valence-electron chi connectivity index (χ1n) is 10.0. The van der Waals surface area contributed by atoms with Crippen LogP contribution in [0.4, 0.5) is 5.69 Å². The van der Waals surface area contributed by atoms with Gasteiger partial charge in [-0.1, -0.05) is 23.2 Å². The number of carbonyl (C=O) groups is 1. The van der Waals surface area contributed by atoms with Gasteiger partial charge in [-0.05, 0) is 56.0 Å². The molecular weight excluding hydrogens is 469 g/mol. The van der Waals surface area contributed by atoms with Gasteiger partial charge in [0.1, 0.15) is 11.8 Å². The molecule has 2 N–H and O–H groups in total. The second kappa shape index (κ2) is 7.47. The zero-order valence-electron chi connectivity index (χ0n) is 17.2. The smallest absolute Gasteiger partial charge is 0.349 e. The number of nitriles is 1. The maximum absolute atomic E-state index is 12.5. The van der Waals surface area contributed by atoms with E-state index in [-0.39, 0.29) is 27.4 Å². The van der Waals surface area contributed by atoms with Crippen LogP contribution in [0.15, 0.2) is 33.9 Å². The molecule has 5 rings (SSSR count). The molecule has 11 heteroatoms. The maximum atomic E-state index is 12.5. The SMILES string of the molecule is CC12CCCc3c(Oc4c(Cl)cc(-n5nc(C#N)c(=O)[nH]c5=O)cc4Cl)ccc(c31)NC2=O. The lowest BCUT2D eigenvalue weighted by molar-refractivity contribution is -0.120. The number of anilines is 1. The molecule has 2 aromatic carbocycles. The van der Waals surface area contributed by atoms with Crippen molar-refractivity contribution in [1.29, 1.82) is 5.26 Å². The first-order valence-corrected chi connectivity index (χ1v) is 10.8. The molecule has 1 aliphatic carbocycles. The van der Waals surface area contributed by atoms with Crippen molar-refractivity contribution in [2.24, 2.45) is 0 Å². The highest BCUT2D eigenvalue weighted by Gasteiger charge is 2.46. The number of nitrogens with one attached hydrogen (secondary N) is 2. The molecule has 33 heavy (non-hydrogen) atoms. The predicted octanol–water partition coefficient (Wildman–Crippen LogP) is 3.44. The van der Waals surface area contributed by atoms with Crippen molar-refractivity contribution in [3.8, 4) is 23.3 Å². The molecule has 9 nitrogen and oxygen atoms in total. The Labute approximate surface area is 196 Å². The molecular formula is C22H15Cl2N5O4. The lowest BCUT2D eigenvalue weighted by atomic mass is 9.72. The number of aromatic nitrogens is 3. The Kier molecular flexibility index (Phi) is 4.81. The van der Waals surface area contributed by atoms with Gasteiger partial charge in [-0.15, -0.1) is 5.10 Å². The summed E-state index contributed by atoms with van der Waals surface area (Å²) in [5.41, 5.74) is -0.0240. The summed E-state index contributed by atoms with van der Waals surface area (Å²) in [5.74, 6) is 0.686. The highest BCUT2D eigenvalue weighted by Crippen LogP contribution is 2.50. The fourth-order valence-corrected chi connectivity index (χ4v) is 5.02. The Morgan fingerprint density at radius 2 is 1.94 bits per heavy atom. The van der Waals surface area contributed by atoms with Crippen LogP contribution in [0.25, 0.3) is 5.69 Å². The fraction of sp³-hybridized carbons (Fsp3) is 0.227. The Bertz CT molecular complexity index is 1500. The second-order valence-electron chi connectivity index (χ2n) is 8.08. The van der Waals surface area contributed by atoms with Crippen molar-refractivity contribution >= 4 is 34.8 Å². The van der Waals surface area contributed by atoms with Crippen LogP contribution in [-0.4, -0.2) is 20.7 Å². The van der Waals surface area contributed by atoms with E-state index in [4.69, 9.17) is 33.2 Å². The number of H-pyrrole nitrogens is 1. The van der Waals surface area contributed by atoms with Crippen LogP contribution in [0.3, 0.4) is 0 Å². The van der Waals surface area contributed by atoms with Crippen LogP contribution in [0, 0.1) is 11.3 Å². The molecule has 0 saturated carbocycles. The largest absolute Gasteiger partial charge is 0.454 e. The number of carbonyl (C=O) groups excluding carboxylic acids is 1. The number of hydrogen-bond donors (Lipinski definition) is 2. The summed E-state index contributed by atoms with van der Waals surface area (Å²) in [5, 5.41) is 15.9. The van der Waals surface area contributed by atoms with Gasteiger partial charge in [0.2, 0.25) is 11.6 Å². The quantitative estimate of drug-likeness (QED) is 0.586. The minimum atomic E-state index is -0.888.